The number of nitrogens with zero attached hydrogens (tertiary/aromatic N) is 1. The van der Waals surface area contributed by atoms with Gasteiger partial charge >= 0.3 is 5.97 Å². The highest BCUT2D eigenvalue weighted by molar-refractivity contribution is 6.09. The number of rotatable bonds is 2. The molecule has 0 spiro atoms. The molecule has 0 amide bonds. The zero-order chi connectivity index (χ0) is 21.1. The van der Waals surface area contributed by atoms with E-state index in [0.29, 0.717) is 22.2 Å². The van der Waals surface area contributed by atoms with Crippen molar-refractivity contribution in [3.63, 3.8) is 0 Å². The van der Waals surface area contributed by atoms with Gasteiger partial charge in [-0.05, 0) is 55.0 Å². The molecule has 5 heteroatoms. The average molecular weight is 411 g/mol. The van der Waals surface area contributed by atoms with Crippen LogP contribution in [0.2, 0.25) is 0 Å². The molecule has 0 saturated heterocycles. The largest absolute Gasteiger partial charge is 0.478 e. The van der Waals surface area contributed by atoms with Crippen molar-refractivity contribution in [2.24, 2.45) is 0 Å². The van der Waals surface area contributed by atoms with Crippen molar-refractivity contribution in [2.45, 2.75) is 25.7 Å². The molecular formula is C26H23N2O3+. The minimum absolute atomic E-state index is 0.293. The van der Waals surface area contributed by atoms with Crippen LogP contribution in [0, 0.1) is 0 Å². The van der Waals surface area contributed by atoms with E-state index in [4.69, 9.17) is 9.83 Å². The van der Waals surface area contributed by atoms with Crippen LogP contribution in [0.15, 0.2) is 52.9 Å². The van der Waals surface area contributed by atoms with E-state index < -0.39 is 5.97 Å². The highest BCUT2D eigenvalue weighted by atomic mass is 16.4. The number of aryl methyl sites for hydroxylation is 2. The van der Waals surface area contributed by atoms with E-state index >= 15 is 0 Å². The molecule has 5 nitrogen and oxygen atoms in total. The molecule has 0 saturated carbocycles. The van der Waals surface area contributed by atoms with Gasteiger partial charge in [0.1, 0.15) is 11.3 Å². The second-order valence-electron chi connectivity index (χ2n) is 8.52. The zero-order valence-corrected chi connectivity index (χ0v) is 17.1. The summed E-state index contributed by atoms with van der Waals surface area (Å²) in [6.07, 6.45) is 4.24. The Bertz CT molecular complexity index is 1400. The van der Waals surface area contributed by atoms with Crippen LogP contribution < -0.4 is 15.7 Å². The number of carbonyl (C=O) groups is 1. The molecule has 2 aromatic carbocycles. The maximum atomic E-state index is 12.1. The summed E-state index contributed by atoms with van der Waals surface area (Å²) in [5.74, 6) is -0.245. The fraction of sp³-hybridized carbons (Fsp3) is 0.231. The summed E-state index contributed by atoms with van der Waals surface area (Å²) in [6, 6.07) is 15.1. The summed E-state index contributed by atoms with van der Waals surface area (Å²) in [6.45, 7) is 2.17. The number of nitrogens with two attached hydrogens (primary N) is 1. The minimum atomic E-state index is -0.932. The predicted octanol–water partition coefficient (Wildman–Crippen LogP) is 3.26. The molecule has 4 aliphatic rings. The Balaban J connectivity index is 1.81. The molecular weight excluding hydrogens is 388 g/mol. The lowest BCUT2D eigenvalue weighted by Gasteiger charge is -2.37. The molecule has 31 heavy (non-hydrogen) atoms. The van der Waals surface area contributed by atoms with Crippen LogP contribution in [-0.4, -0.2) is 24.2 Å². The molecule has 3 N–H and O–H groups in total. The van der Waals surface area contributed by atoms with Crippen molar-refractivity contribution in [3.05, 3.63) is 70.6 Å². The van der Waals surface area contributed by atoms with E-state index in [2.05, 4.69) is 11.0 Å². The van der Waals surface area contributed by atoms with Crippen LogP contribution in [0.5, 0.6) is 0 Å². The van der Waals surface area contributed by atoms with E-state index in [1.165, 1.54) is 16.8 Å². The molecule has 0 unspecified atom stereocenters. The molecule has 3 aliphatic heterocycles. The van der Waals surface area contributed by atoms with Gasteiger partial charge in [-0.2, -0.15) is 0 Å². The van der Waals surface area contributed by atoms with Gasteiger partial charge in [0.25, 0.3) is 0 Å². The first-order valence-corrected chi connectivity index (χ1v) is 10.8. The van der Waals surface area contributed by atoms with E-state index in [1.54, 1.807) is 12.1 Å². The molecule has 0 aromatic heterocycles. The Morgan fingerprint density at radius 2 is 1.81 bits per heavy atom. The standard InChI is InChI=1S/C26H22N2O3/c27-16-9-10-19-22(14-16)31-25-20-8-4-12-28-11-3-5-15(24(20)28)13-21(25)23(19)17-6-1-2-7-18(17)26(29)30/h1-2,6-7,9-10,13-14,27H,3-5,8,11-12H2,(H,29,30)/p+1. The fourth-order valence-electron chi connectivity index (χ4n) is 5.40. The SMILES string of the molecule is [NH2+]=c1ccc2c(-c3ccccc3C(=O)O)c3cc4c5c(c3oc-2c1)CCCN5CCC4. The topological polar surface area (TPSA) is 79.3 Å². The fourth-order valence-corrected chi connectivity index (χ4v) is 5.40. The zero-order valence-electron chi connectivity index (χ0n) is 17.1. The summed E-state index contributed by atoms with van der Waals surface area (Å²) >= 11 is 0. The molecule has 0 radical (unpaired) electrons. The number of benzene rings is 3. The quantitative estimate of drug-likeness (QED) is 0.496. The van der Waals surface area contributed by atoms with Gasteiger partial charge in [-0.15, -0.1) is 0 Å². The number of anilines is 1. The van der Waals surface area contributed by atoms with Gasteiger partial charge in [0.05, 0.1) is 11.6 Å². The third-order valence-corrected chi connectivity index (χ3v) is 6.66. The van der Waals surface area contributed by atoms with Crippen LogP contribution in [0.25, 0.3) is 33.4 Å². The summed E-state index contributed by atoms with van der Waals surface area (Å²) in [5.41, 5.74) is 7.57. The smallest absolute Gasteiger partial charge is 0.336 e. The number of carboxylic acids is 1. The molecule has 1 aliphatic carbocycles. The Morgan fingerprint density at radius 1 is 1.00 bits per heavy atom. The number of fused-ring (bicyclic) bond motifs is 3. The van der Waals surface area contributed by atoms with Crippen molar-refractivity contribution < 1.29 is 19.7 Å². The Labute approximate surface area is 179 Å². The van der Waals surface area contributed by atoms with Crippen molar-refractivity contribution in [1.82, 2.24) is 0 Å². The Kier molecular flexibility index (Phi) is 3.93. The lowest BCUT2D eigenvalue weighted by Crippen LogP contribution is -2.44. The van der Waals surface area contributed by atoms with Crippen LogP contribution >= 0.6 is 0 Å². The van der Waals surface area contributed by atoms with E-state index in [-0.39, 0.29) is 0 Å². The maximum absolute atomic E-state index is 12.1. The number of hydrogen-bond acceptors (Lipinski definition) is 3. The van der Waals surface area contributed by atoms with Crippen LogP contribution in [-0.2, 0) is 12.8 Å². The molecule has 0 fully saturated rings. The molecule has 154 valence electrons. The van der Waals surface area contributed by atoms with E-state index in [0.717, 1.165) is 60.9 Å². The van der Waals surface area contributed by atoms with Crippen molar-refractivity contribution >= 4 is 22.6 Å². The number of carboxylic acid groups (broad SMARTS) is 1. The first kappa shape index (κ1) is 18.2. The molecule has 2 aromatic rings. The highest BCUT2D eigenvalue weighted by Crippen LogP contribution is 2.47. The summed E-state index contributed by atoms with van der Waals surface area (Å²) in [5, 5.41) is 17.6. The first-order chi connectivity index (χ1) is 15.1. The van der Waals surface area contributed by atoms with Gasteiger partial charge in [0, 0.05) is 46.9 Å². The summed E-state index contributed by atoms with van der Waals surface area (Å²) in [7, 11) is 0. The van der Waals surface area contributed by atoms with Gasteiger partial charge in [-0.1, -0.05) is 18.2 Å². The monoisotopic (exact) mass is 411 g/mol. The maximum Gasteiger partial charge on any atom is 0.336 e. The first-order valence-electron chi connectivity index (χ1n) is 10.8. The predicted molar refractivity (Wildman–Crippen MR) is 119 cm³/mol. The van der Waals surface area contributed by atoms with Crippen LogP contribution in [0.1, 0.15) is 34.3 Å². The number of hydrogen-bond donors (Lipinski definition) is 2. The molecule has 3 heterocycles. The van der Waals surface area contributed by atoms with E-state index in [9.17, 15) is 9.90 Å². The van der Waals surface area contributed by atoms with Gasteiger partial charge < -0.3 is 14.4 Å². The van der Waals surface area contributed by atoms with Gasteiger partial charge in [0.15, 0.2) is 5.36 Å². The minimum Gasteiger partial charge on any atom is -0.478 e. The van der Waals surface area contributed by atoms with Crippen molar-refractivity contribution in [1.29, 1.82) is 0 Å². The van der Waals surface area contributed by atoms with Crippen LogP contribution in [0.4, 0.5) is 5.69 Å². The van der Waals surface area contributed by atoms with Crippen LogP contribution in [0.3, 0.4) is 0 Å². The van der Waals surface area contributed by atoms with Gasteiger partial charge in [-0.3, -0.25) is 5.41 Å². The highest BCUT2D eigenvalue weighted by Gasteiger charge is 2.30. The number of aromatic carboxylic acids is 1. The van der Waals surface area contributed by atoms with Gasteiger partial charge in [-0.25, -0.2) is 4.79 Å². The van der Waals surface area contributed by atoms with E-state index in [1.807, 2.05) is 30.3 Å². The lowest BCUT2D eigenvalue weighted by atomic mass is 9.85. The lowest BCUT2D eigenvalue weighted by molar-refractivity contribution is -0.172. The average Bonchev–Trinajstić information content (AvgIpc) is 2.78. The third-order valence-electron chi connectivity index (χ3n) is 6.66. The second-order valence-corrected chi connectivity index (χ2v) is 8.52. The van der Waals surface area contributed by atoms with Crippen molar-refractivity contribution in [2.75, 3.05) is 18.0 Å². The van der Waals surface area contributed by atoms with Gasteiger partial charge in [0.2, 0.25) is 0 Å². The normalized spacial score (nSPS) is 15.3. The summed E-state index contributed by atoms with van der Waals surface area (Å²) in [4.78, 5) is 14.6. The second kappa shape index (κ2) is 6.71. The molecule has 0 atom stereocenters. The Hall–Kier alpha value is -3.60. The molecule has 0 bridgehead atoms. The Morgan fingerprint density at radius 3 is 2.65 bits per heavy atom. The molecule has 6 rings (SSSR count). The summed E-state index contributed by atoms with van der Waals surface area (Å²) < 4.78 is 6.51. The van der Waals surface area contributed by atoms with Crippen molar-refractivity contribution in [3.8, 4) is 22.5 Å². The third kappa shape index (κ3) is 2.69.